The molecule has 0 aromatic heterocycles. The standard InChI is InChI=1S/C7H13NO/c1-4-7-8-5(2)6(3)9-7/h5-6H,4H2,1-3H3. The predicted molar refractivity (Wildman–Crippen MR) is 37.7 cm³/mol. The summed E-state index contributed by atoms with van der Waals surface area (Å²) in [5.74, 6) is 0.912. The first-order chi connectivity index (χ1) is 4.24. The Morgan fingerprint density at radius 1 is 1.56 bits per heavy atom. The predicted octanol–water partition coefficient (Wildman–Crippen LogP) is 1.60. The monoisotopic (exact) mass is 127 g/mol. The van der Waals surface area contributed by atoms with Gasteiger partial charge in [-0.25, -0.2) is 4.99 Å². The maximum Gasteiger partial charge on any atom is 0.183 e. The van der Waals surface area contributed by atoms with Crippen LogP contribution >= 0.6 is 0 Å². The lowest BCUT2D eigenvalue weighted by Crippen LogP contribution is -2.14. The Labute approximate surface area is 55.9 Å². The zero-order chi connectivity index (χ0) is 6.85. The van der Waals surface area contributed by atoms with Crippen molar-refractivity contribution < 1.29 is 4.74 Å². The highest BCUT2D eigenvalue weighted by molar-refractivity contribution is 5.77. The molecule has 2 atom stereocenters. The van der Waals surface area contributed by atoms with E-state index in [9.17, 15) is 0 Å². The summed E-state index contributed by atoms with van der Waals surface area (Å²) in [6.45, 7) is 6.19. The van der Waals surface area contributed by atoms with Crippen LogP contribution in [0.1, 0.15) is 27.2 Å². The fourth-order valence-corrected chi connectivity index (χ4v) is 0.850. The topological polar surface area (TPSA) is 21.6 Å². The first-order valence-corrected chi connectivity index (χ1v) is 3.47. The molecule has 0 aromatic rings. The van der Waals surface area contributed by atoms with Crippen molar-refractivity contribution in [1.82, 2.24) is 0 Å². The highest BCUT2D eigenvalue weighted by Gasteiger charge is 2.20. The molecule has 0 aromatic carbocycles. The number of hydrogen-bond acceptors (Lipinski definition) is 2. The van der Waals surface area contributed by atoms with Gasteiger partial charge in [0.05, 0.1) is 6.04 Å². The molecule has 0 fully saturated rings. The Hall–Kier alpha value is -0.530. The van der Waals surface area contributed by atoms with Crippen molar-refractivity contribution in [3.63, 3.8) is 0 Å². The van der Waals surface area contributed by atoms with E-state index >= 15 is 0 Å². The van der Waals surface area contributed by atoms with Gasteiger partial charge in [0.1, 0.15) is 6.10 Å². The van der Waals surface area contributed by atoms with Crippen molar-refractivity contribution in [3.8, 4) is 0 Å². The van der Waals surface area contributed by atoms with E-state index in [4.69, 9.17) is 4.74 Å². The second kappa shape index (κ2) is 2.38. The molecular formula is C7H13NO. The molecule has 0 N–H and O–H groups in total. The van der Waals surface area contributed by atoms with Crippen molar-refractivity contribution in [1.29, 1.82) is 0 Å². The summed E-state index contributed by atoms with van der Waals surface area (Å²) in [6.07, 6.45) is 1.22. The van der Waals surface area contributed by atoms with E-state index < -0.39 is 0 Å². The van der Waals surface area contributed by atoms with Crippen LogP contribution in [0.5, 0.6) is 0 Å². The highest BCUT2D eigenvalue weighted by atomic mass is 16.5. The average molecular weight is 127 g/mol. The van der Waals surface area contributed by atoms with Crippen molar-refractivity contribution >= 4 is 5.90 Å². The summed E-state index contributed by atoms with van der Waals surface area (Å²) in [6, 6.07) is 0.361. The molecule has 2 unspecified atom stereocenters. The molecule has 0 saturated carbocycles. The molecule has 52 valence electrons. The van der Waals surface area contributed by atoms with E-state index in [2.05, 4.69) is 25.8 Å². The van der Waals surface area contributed by atoms with Gasteiger partial charge in [-0.3, -0.25) is 0 Å². The molecule has 1 rings (SSSR count). The van der Waals surface area contributed by atoms with Gasteiger partial charge in [-0.15, -0.1) is 0 Å². The van der Waals surface area contributed by atoms with Crippen LogP contribution in [0.2, 0.25) is 0 Å². The maximum atomic E-state index is 5.37. The molecule has 1 aliphatic rings. The van der Waals surface area contributed by atoms with Crippen LogP contribution < -0.4 is 0 Å². The largest absolute Gasteiger partial charge is 0.476 e. The summed E-state index contributed by atoms with van der Waals surface area (Å²) in [4.78, 5) is 4.28. The first-order valence-electron chi connectivity index (χ1n) is 3.47. The molecule has 0 spiro atoms. The highest BCUT2D eigenvalue weighted by Crippen LogP contribution is 2.13. The van der Waals surface area contributed by atoms with Crippen molar-refractivity contribution in [2.24, 2.45) is 4.99 Å². The van der Waals surface area contributed by atoms with Gasteiger partial charge in [-0.2, -0.15) is 0 Å². The van der Waals surface area contributed by atoms with Gasteiger partial charge >= 0.3 is 0 Å². The fourth-order valence-electron chi connectivity index (χ4n) is 0.850. The SMILES string of the molecule is CCC1=NC(C)C(C)O1. The van der Waals surface area contributed by atoms with Gasteiger partial charge in [-0.1, -0.05) is 6.92 Å². The van der Waals surface area contributed by atoms with Gasteiger partial charge in [-0.05, 0) is 13.8 Å². The van der Waals surface area contributed by atoms with Crippen LogP contribution in [0, 0.1) is 0 Å². The zero-order valence-electron chi connectivity index (χ0n) is 6.22. The Balaban J connectivity index is 2.52. The molecule has 9 heavy (non-hydrogen) atoms. The lowest BCUT2D eigenvalue weighted by molar-refractivity contribution is 0.214. The second-order valence-electron chi connectivity index (χ2n) is 2.44. The lowest BCUT2D eigenvalue weighted by atomic mass is 10.2. The first kappa shape index (κ1) is 6.59. The summed E-state index contributed by atoms with van der Waals surface area (Å²) >= 11 is 0. The molecule has 0 radical (unpaired) electrons. The zero-order valence-corrected chi connectivity index (χ0v) is 6.22. The normalized spacial score (nSPS) is 33.9. The van der Waals surface area contributed by atoms with E-state index in [1.165, 1.54) is 0 Å². The fraction of sp³-hybridized carbons (Fsp3) is 0.857. The van der Waals surface area contributed by atoms with Crippen LogP contribution in [-0.4, -0.2) is 18.0 Å². The molecule has 2 heteroatoms. The third-order valence-corrected chi connectivity index (χ3v) is 1.65. The Kier molecular flexibility index (Phi) is 1.74. The number of rotatable bonds is 1. The van der Waals surface area contributed by atoms with Gasteiger partial charge in [0.2, 0.25) is 0 Å². The van der Waals surface area contributed by atoms with Crippen LogP contribution in [0.3, 0.4) is 0 Å². The van der Waals surface area contributed by atoms with E-state index in [-0.39, 0.29) is 0 Å². The minimum atomic E-state index is 0.292. The minimum Gasteiger partial charge on any atom is -0.476 e. The lowest BCUT2D eigenvalue weighted by Gasteiger charge is -2.06. The number of aliphatic imine (C=N–C) groups is 1. The Bertz CT molecular complexity index is 131. The molecule has 2 nitrogen and oxygen atoms in total. The van der Waals surface area contributed by atoms with Crippen molar-refractivity contribution in [3.05, 3.63) is 0 Å². The third kappa shape index (κ3) is 1.23. The van der Waals surface area contributed by atoms with Crippen LogP contribution in [0.4, 0.5) is 0 Å². The minimum absolute atomic E-state index is 0.292. The molecular weight excluding hydrogens is 114 g/mol. The molecule has 1 aliphatic heterocycles. The maximum absolute atomic E-state index is 5.37. The summed E-state index contributed by atoms with van der Waals surface area (Å²) < 4.78 is 5.37. The number of ether oxygens (including phenoxy) is 1. The van der Waals surface area contributed by atoms with Crippen molar-refractivity contribution in [2.45, 2.75) is 39.3 Å². The summed E-state index contributed by atoms with van der Waals surface area (Å²) in [5, 5.41) is 0. The Morgan fingerprint density at radius 2 is 2.22 bits per heavy atom. The smallest absolute Gasteiger partial charge is 0.183 e. The van der Waals surface area contributed by atoms with Crippen LogP contribution in [0.15, 0.2) is 4.99 Å². The molecule has 1 heterocycles. The molecule has 0 bridgehead atoms. The molecule has 0 saturated heterocycles. The number of nitrogens with zero attached hydrogens (tertiary/aromatic N) is 1. The number of hydrogen-bond donors (Lipinski definition) is 0. The van der Waals surface area contributed by atoms with Gasteiger partial charge in [0, 0.05) is 6.42 Å². The van der Waals surface area contributed by atoms with E-state index in [1.54, 1.807) is 0 Å². The van der Waals surface area contributed by atoms with Crippen LogP contribution in [-0.2, 0) is 4.74 Å². The van der Waals surface area contributed by atoms with Crippen molar-refractivity contribution in [2.75, 3.05) is 0 Å². The van der Waals surface area contributed by atoms with E-state index in [0.717, 1.165) is 12.3 Å². The quantitative estimate of drug-likeness (QED) is 0.524. The second-order valence-corrected chi connectivity index (χ2v) is 2.44. The van der Waals surface area contributed by atoms with Gasteiger partial charge < -0.3 is 4.74 Å². The summed E-state index contributed by atoms with van der Waals surface area (Å²) in [7, 11) is 0. The average Bonchev–Trinajstić information content (AvgIpc) is 2.13. The summed E-state index contributed by atoms with van der Waals surface area (Å²) in [5.41, 5.74) is 0. The van der Waals surface area contributed by atoms with Crippen LogP contribution in [0.25, 0.3) is 0 Å². The molecule has 0 amide bonds. The Morgan fingerprint density at radius 3 is 2.44 bits per heavy atom. The third-order valence-electron chi connectivity index (χ3n) is 1.65. The van der Waals surface area contributed by atoms with Gasteiger partial charge in [0.15, 0.2) is 5.90 Å². The molecule has 0 aliphatic carbocycles. The van der Waals surface area contributed by atoms with Gasteiger partial charge in [0.25, 0.3) is 0 Å². The van der Waals surface area contributed by atoms with E-state index in [1.807, 2.05) is 0 Å². The van der Waals surface area contributed by atoms with E-state index in [0.29, 0.717) is 12.1 Å².